The Bertz CT molecular complexity index is 1040. The van der Waals surface area contributed by atoms with Crippen molar-refractivity contribution in [3.63, 3.8) is 0 Å². The second kappa shape index (κ2) is 10.2. The van der Waals surface area contributed by atoms with Gasteiger partial charge >= 0.3 is 18.6 Å². The first-order chi connectivity index (χ1) is 15.9. The summed E-state index contributed by atoms with van der Waals surface area (Å²) in [6.45, 7) is -1.36. The van der Waals surface area contributed by atoms with E-state index in [1.807, 2.05) is 0 Å². The molecule has 3 rings (SSSR count). The molecule has 3 heterocycles. The third-order valence-electron chi connectivity index (χ3n) is 4.77. The number of nitrogens with zero attached hydrogens (tertiary/aromatic N) is 2. The number of hydrogen-bond donors (Lipinski definition) is 1. The summed E-state index contributed by atoms with van der Waals surface area (Å²) in [5.41, 5.74) is -1.20. The van der Waals surface area contributed by atoms with E-state index in [9.17, 15) is 35.9 Å². The first-order valence-corrected chi connectivity index (χ1v) is 10.8. The molecule has 1 atom stereocenters. The third-order valence-corrected chi connectivity index (χ3v) is 5.78. The highest BCUT2D eigenvalue weighted by atomic mass is 32.1. The summed E-state index contributed by atoms with van der Waals surface area (Å²) in [5, 5.41) is 3.62. The molecule has 0 radical (unpaired) electrons. The van der Waals surface area contributed by atoms with Crippen LogP contribution in [0.1, 0.15) is 28.8 Å². The van der Waals surface area contributed by atoms with E-state index in [-0.39, 0.29) is 34.7 Å². The maximum Gasteiger partial charge on any atom is 0.522 e. The summed E-state index contributed by atoms with van der Waals surface area (Å²) in [6, 6.07) is 0.734. The second-order valence-corrected chi connectivity index (χ2v) is 8.03. The molecule has 0 bridgehead atoms. The van der Waals surface area contributed by atoms with E-state index in [1.54, 1.807) is 0 Å². The van der Waals surface area contributed by atoms with Crippen LogP contribution in [-0.2, 0) is 15.7 Å². The van der Waals surface area contributed by atoms with Crippen molar-refractivity contribution in [3.05, 3.63) is 22.6 Å². The molecule has 1 aliphatic rings. The molecule has 1 aliphatic heterocycles. The number of fused-ring (bicyclic) bond motifs is 1. The number of ether oxygens (including phenoxy) is 3. The number of rotatable bonds is 6. The number of amides is 2. The summed E-state index contributed by atoms with van der Waals surface area (Å²) in [5.74, 6) is -0.979. The van der Waals surface area contributed by atoms with Gasteiger partial charge in [-0.25, -0.2) is 9.78 Å². The number of thiophene rings is 1. The lowest BCUT2D eigenvalue weighted by atomic mass is 10.1. The van der Waals surface area contributed by atoms with Crippen LogP contribution in [0.25, 0.3) is 10.2 Å². The Morgan fingerprint density at radius 3 is 2.62 bits per heavy atom. The van der Waals surface area contributed by atoms with Gasteiger partial charge in [-0.1, -0.05) is 0 Å². The van der Waals surface area contributed by atoms with E-state index >= 15 is 0 Å². The van der Waals surface area contributed by atoms with Crippen LogP contribution in [-0.4, -0.2) is 67.7 Å². The number of pyridine rings is 1. The zero-order valence-electron chi connectivity index (χ0n) is 17.6. The molecule has 0 spiro atoms. The highest BCUT2D eigenvalue weighted by Crippen LogP contribution is 2.40. The Hall–Kier alpha value is -2.81. The predicted molar refractivity (Wildman–Crippen MR) is 107 cm³/mol. The molecule has 1 saturated heterocycles. The fraction of sp³-hybridized carbons (Fsp3) is 0.526. The van der Waals surface area contributed by atoms with Gasteiger partial charge in [0.2, 0.25) is 5.88 Å². The summed E-state index contributed by atoms with van der Waals surface area (Å²) in [7, 11) is 1.34. The average molecular weight is 515 g/mol. The minimum atomic E-state index is -4.85. The van der Waals surface area contributed by atoms with Gasteiger partial charge in [0.15, 0.2) is 0 Å². The van der Waals surface area contributed by atoms with Gasteiger partial charge in [0.05, 0.1) is 34.5 Å². The number of carbonyl (C=O) groups excluding carboxylic acids is 2. The molecule has 0 unspecified atom stereocenters. The van der Waals surface area contributed by atoms with Crippen molar-refractivity contribution < 1.29 is 50.1 Å². The van der Waals surface area contributed by atoms with Gasteiger partial charge < -0.3 is 19.7 Å². The molecule has 1 N–H and O–H groups in total. The van der Waals surface area contributed by atoms with Gasteiger partial charge in [0.25, 0.3) is 5.91 Å². The van der Waals surface area contributed by atoms with Gasteiger partial charge in [-0.15, -0.1) is 24.5 Å². The van der Waals surface area contributed by atoms with Crippen molar-refractivity contribution in [2.24, 2.45) is 0 Å². The Kier molecular flexibility index (Phi) is 7.75. The third kappa shape index (κ3) is 6.40. The number of hydrogen-bond acceptors (Lipinski definition) is 7. The van der Waals surface area contributed by atoms with Gasteiger partial charge in [-0.2, -0.15) is 13.2 Å². The molecular formula is C19H19F6N3O5S. The minimum absolute atomic E-state index is 0.0339. The fourth-order valence-corrected chi connectivity index (χ4v) is 4.32. The lowest BCUT2D eigenvalue weighted by Crippen LogP contribution is -2.45. The maximum atomic E-state index is 13.6. The summed E-state index contributed by atoms with van der Waals surface area (Å²) in [6.07, 6.45) is -10.4. The summed E-state index contributed by atoms with van der Waals surface area (Å²) in [4.78, 5) is 29.4. The van der Waals surface area contributed by atoms with Crippen LogP contribution in [0.2, 0.25) is 0 Å². The zero-order valence-corrected chi connectivity index (χ0v) is 18.4. The Balaban J connectivity index is 1.73. The van der Waals surface area contributed by atoms with Crippen LogP contribution < -0.4 is 10.1 Å². The molecule has 2 aromatic rings. The molecule has 188 valence electrons. The van der Waals surface area contributed by atoms with E-state index in [4.69, 9.17) is 9.47 Å². The predicted octanol–water partition coefficient (Wildman–Crippen LogP) is 4.19. The number of aromatic nitrogens is 1. The number of halogens is 6. The standard InChI is InChI=1S/C19H19F6N3O5S/c1-26-16(29)11-9-34-15-12(18(20,21)22)7-13(27-14(11)15)33-10-3-2-4-28(8-10)17(30)31-5-6-32-19(23,24)25/h7,9-10H,2-6,8H2,1H3,(H,26,29)/t10-/m1/s1. The van der Waals surface area contributed by atoms with Crippen LogP contribution in [0.15, 0.2) is 11.4 Å². The van der Waals surface area contributed by atoms with Crippen LogP contribution >= 0.6 is 11.3 Å². The van der Waals surface area contributed by atoms with Crippen molar-refractivity contribution >= 4 is 33.6 Å². The van der Waals surface area contributed by atoms with E-state index in [2.05, 4.69) is 15.0 Å². The molecule has 15 heteroatoms. The molecule has 1 fully saturated rings. The van der Waals surface area contributed by atoms with Gasteiger partial charge in [0.1, 0.15) is 12.7 Å². The Labute approximate surface area is 192 Å². The van der Waals surface area contributed by atoms with Crippen molar-refractivity contribution in [2.75, 3.05) is 33.4 Å². The Morgan fingerprint density at radius 1 is 1.24 bits per heavy atom. The Morgan fingerprint density at radius 2 is 1.97 bits per heavy atom. The van der Waals surface area contributed by atoms with Gasteiger partial charge in [-0.3, -0.25) is 9.53 Å². The van der Waals surface area contributed by atoms with Crippen molar-refractivity contribution in [1.82, 2.24) is 15.2 Å². The number of carbonyl (C=O) groups is 2. The minimum Gasteiger partial charge on any atom is -0.472 e. The largest absolute Gasteiger partial charge is 0.522 e. The average Bonchev–Trinajstić information content (AvgIpc) is 3.18. The van der Waals surface area contributed by atoms with E-state index in [1.165, 1.54) is 17.3 Å². The van der Waals surface area contributed by atoms with Crippen LogP contribution in [0.3, 0.4) is 0 Å². The zero-order chi connectivity index (χ0) is 25.1. The smallest absolute Gasteiger partial charge is 0.472 e. The quantitative estimate of drug-likeness (QED) is 0.459. The molecule has 2 amide bonds. The van der Waals surface area contributed by atoms with E-state index < -0.39 is 49.4 Å². The van der Waals surface area contributed by atoms with Gasteiger partial charge in [-0.05, 0) is 12.8 Å². The molecular weight excluding hydrogens is 496 g/mol. The van der Waals surface area contributed by atoms with Gasteiger partial charge in [0, 0.05) is 25.0 Å². The normalized spacial score (nSPS) is 17.0. The molecule has 0 aliphatic carbocycles. The molecule has 2 aromatic heterocycles. The fourth-order valence-electron chi connectivity index (χ4n) is 3.30. The van der Waals surface area contributed by atoms with Crippen LogP contribution in [0, 0.1) is 0 Å². The monoisotopic (exact) mass is 515 g/mol. The summed E-state index contributed by atoms with van der Waals surface area (Å²) >= 11 is 0.732. The van der Waals surface area contributed by atoms with E-state index in [0.29, 0.717) is 12.8 Å². The molecule has 34 heavy (non-hydrogen) atoms. The molecule has 0 saturated carbocycles. The maximum absolute atomic E-state index is 13.6. The number of piperidine rings is 1. The van der Waals surface area contributed by atoms with Crippen molar-refractivity contribution in [1.29, 1.82) is 0 Å². The van der Waals surface area contributed by atoms with Crippen molar-refractivity contribution in [2.45, 2.75) is 31.5 Å². The first-order valence-electron chi connectivity index (χ1n) is 9.89. The van der Waals surface area contributed by atoms with E-state index in [0.717, 1.165) is 17.4 Å². The second-order valence-electron chi connectivity index (χ2n) is 7.15. The molecule has 0 aromatic carbocycles. The summed E-state index contributed by atoms with van der Waals surface area (Å²) < 4.78 is 90.5. The lowest BCUT2D eigenvalue weighted by Gasteiger charge is -2.32. The van der Waals surface area contributed by atoms with Crippen LogP contribution in [0.5, 0.6) is 5.88 Å². The number of likely N-dealkylation sites (tertiary alicyclic amines) is 1. The molecule has 8 nitrogen and oxygen atoms in total. The van der Waals surface area contributed by atoms with Crippen molar-refractivity contribution in [3.8, 4) is 5.88 Å². The number of nitrogens with one attached hydrogen (secondary N) is 1. The first kappa shape index (κ1) is 25.8. The highest BCUT2D eigenvalue weighted by Gasteiger charge is 2.36. The van der Waals surface area contributed by atoms with Crippen LogP contribution in [0.4, 0.5) is 31.1 Å². The topological polar surface area (TPSA) is 90.0 Å². The number of alkyl halides is 6. The highest BCUT2D eigenvalue weighted by molar-refractivity contribution is 7.17. The SMILES string of the molecule is CNC(=O)c1csc2c(C(F)(F)F)cc(O[C@@H]3CCCN(C(=O)OCCOC(F)(F)F)C3)nc12. The lowest BCUT2D eigenvalue weighted by molar-refractivity contribution is -0.326.